The molecule has 0 saturated carbocycles. The van der Waals surface area contributed by atoms with Crippen molar-refractivity contribution in [1.82, 2.24) is 16.0 Å². The number of unbranched alkanes of at least 4 members (excludes halogenated alkanes) is 16. The van der Waals surface area contributed by atoms with Crippen LogP contribution in [0.4, 0.5) is 0 Å². The van der Waals surface area contributed by atoms with E-state index in [4.69, 9.17) is 4.74 Å². The van der Waals surface area contributed by atoms with Crippen molar-refractivity contribution < 1.29 is 28.4 Å². The number of carbonyl (C=O) groups excluding carboxylic acids is 4. The molecule has 0 spiro atoms. The van der Waals surface area contributed by atoms with Crippen molar-refractivity contribution in [2.24, 2.45) is 0 Å². The van der Waals surface area contributed by atoms with E-state index < -0.39 is 35.9 Å². The van der Waals surface area contributed by atoms with Crippen LogP contribution in [0.5, 0.6) is 0 Å². The second-order valence-electron chi connectivity index (χ2n) is 18.3. The molecular weight excluding hydrogens is 773 g/mol. The average Bonchev–Trinajstić information content (AvgIpc) is 3.26. The number of esters is 1. The molecule has 0 saturated heterocycles. The summed E-state index contributed by atoms with van der Waals surface area (Å²) in [6.45, 7) is 3.72. The standard InChI is InChI=1S/C53H80N4O5/c1-5-6-7-8-9-10-11-14-17-29-38-50(58)54-47(41-44-32-23-20-24-33-44)51(59)55-48(42-45-34-25-21-26-35-45)52(60)56-49(43-46-36-27-22-28-37-46)53(61)62-40-31-19-16-13-12-15-18-30-39-57(2,3)4/h20-28,32-37,47-49H,5-19,29-31,38-43H2,1-4H3,(H2-,54,55,56,58,59,60)/p+1/t47-,48-,49-/m0/s1. The van der Waals surface area contributed by atoms with Gasteiger partial charge in [0, 0.05) is 25.7 Å². The number of benzene rings is 3. The number of hydrogen-bond donors (Lipinski definition) is 3. The highest BCUT2D eigenvalue weighted by Gasteiger charge is 2.31. The number of nitrogens with zero attached hydrogens (tertiary/aromatic N) is 1. The lowest BCUT2D eigenvalue weighted by Gasteiger charge is -2.25. The fourth-order valence-corrected chi connectivity index (χ4v) is 7.77. The SMILES string of the molecule is CCCCCCCCCCCCC(=O)N[C@@H](Cc1ccccc1)C(=O)N[C@@H](Cc1ccccc1)C(=O)N[C@@H](Cc1ccccc1)C(=O)OCCCCCCCCCC[N+](C)(C)C. The maximum atomic E-state index is 14.3. The van der Waals surface area contributed by atoms with Gasteiger partial charge < -0.3 is 25.2 Å². The molecule has 3 rings (SSSR count). The second-order valence-corrected chi connectivity index (χ2v) is 18.3. The molecule has 3 N–H and O–H groups in total. The molecule has 0 heterocycles. The van der Waals surface area contributed by atoms with Gasteiger partial charge in [-0.15, -0.1) is 0 Å². The molecule has 0 aliphatic carbocycles. The first-order valence-electron chi connectivity index (χ1n) is 24.0. The van der Waals surface area contributed by atoms with E-state index in [-0.39, 0.29) is 31.8 Å². The fourth-order valence-electron chi connectivity index (χ4n) is 7.77. The predicted octanol–water partition coefficient (Wildman–Crippen LogP) is 9.85. The summed E-state index contributed by atoms with van der Waals surface area (Å²) in [5, 5.41) is 8.94. The molecule has 342 valence electrons. The van der Waals surface area contributed by atoms with Gasteiger partial charge in [0.25, 0.3) is 0 Å². The van der Waals surface area contributed by atoms with Gasteiger partial charge in [0.15, 0.2) is 0 Å². The molecular formula is C53H81N4O5+. The Labute approximate surface area is 375 Å². The Balaban J connectivity index is 1.62. The summed E-state index contributed by atoms with van der Waals surface area (Å²) < 4.78 is 6.79. The van der Waals surface area contributed by atoms with E-state index in [1.54, 1.807) is 0 Å². The summed E-state index contributed by atoms with van der Waals surface area (Å²) in [7, 11) is 6.71. The zero-order chi connectivity index (χ0) is 44.7. The van der Waals surface area contributed by atoms with Gasteiger partial charge in [-0.25, -0.2) is 4.79 Å². The van der Waals surface area contributed by atoms with Crippen LogP contribution < -0.4 is 16.0 Å². The van der Waals surface area contributed by atoms with Crippen LogP contribution in [0.25, 0.3) is 0 Å². The summed E-state index contributed by atoms with van der Waals surface area (Å²) >= 11 is 0. The highest BCUT2D eigenvalue weighted by atomic mass is 16.5. The Morgan fingerprint density at radius 3 is 1.29 bits per heavy atom. The first-order chi connectivity index (χ1) is 30.0. The molecule has 62 heavy (non-hydrogen) atoms. The van der Waals surface area contributed by atoms with Gasteiger partial charge in [-0.05, 0) is 42.4 Å². The van der Waals surface area contributed by atoms with Crippen molar-refractivity contribution in [3.63, 3.8) is 0 Å². The summed E-state index contributed by atoms with van der Waals surface area (Å²) in [5.41, 5.74) is 2.63. The average molecular weight is 854 g/mol. The van der Waals surface area contributed by atoms with Crippen molar-refractivity contribution in [3.8, 4) is 0 Å². The zero-order valence-corrected chi connectivity index (χ0v) is 38.9. The van der Waals surface area contributed by atoms with E-state index in [9.17, 15) is 19.2 Å². The van der Waals surface area contributed by atoms with Crippen molar-refractivity contribution >= 4 is 23.7 Å². The number of nitrogens with one attached hydrogen (secondary N) is 3. The molecule has 9 heteroatoms. The Kier molecular flexibility index (Phi) is 26.2. The van der Waals surface area contributed by atoms with E-state index in [0.717, 1.165) is 59.7 Å². The largest absolute Gasteiger partial charge is 0.464 e. The molecule has 0 bridgehead atoms. The summed E-state index contributed by atoms with van der Waals surface area (Å²) in [6, 6.07) is 25.8. The smallest absolute Gasteiger partial charge is 0.328 e. The third-order valence-corrected chi connectivity index (χ3v) is 11.5. The number of ether oxygens (including phenoxy) is 1. The molecule has 3 aromatic rings. The first-order valence-corrected chi connectivity index (χ1v) is 24.0. The van der Waals surface area contributed by atoms with Gasteiger partial charge in [0.05, 0.1) is 34.3 Å². The van der Waals surface area contributed by atoms with Crippen LogP contribution in [0, 0.1) is 0 Å². The topological polar surface area (TPSA) is 114 Å². The molecule has 9 nitrogen and oxygen atoms in total. The van der Waals surface area contributed by atoms with Crippen LogP contribution in [-0.4, -0.2) is 80.6 Å². The highest BCUT2D eigenvalue weighted by molar-refractivity contribution is 5.94. The van der Waals surface area contributed by atoms with E-state index in [2.05, 4.69) is 44.0 Å². The number of carbonyl (C=O) groups is 4. The van der Waals surface area contributed by atoms with E-state index >= 15 is 0 Å². The number of quaternary nitrogens is 1. The highest BCUT2D eigenvalue weighted by Crippen LogP contribution is 2.14. The molecule has 0 aliphatic heterocycles. The van der Waals surface area contributed by atoms with Crippen LogP contribution in [-0.2, 0) is 43.2 Å². The molecule has 3 aromatic carbocycles. The van der Waals surface area contributed by atoms with Gasteiger partial charge in [-0.2, -0.15) is 0 Å². The van der Waals surface area contributed by atoms with Crippen LogP contribution in [0.2, 0.25) is 0 Å². The minimum Gasteiger partial charge on any atom is -0.464 e. The summed E-state index contributed by atoms with van der Waals surface area (Å²) in [6.07, 6.45) is 21.8. The molecule has 0 aliphatic rings. The first kappa shape index (κ1) is 51.8. The predicted molar refractivity (Wildman–Crippen MR) is 253 cm³/mol. The van der Waals surface area contributed by atoms with Crippen molar-refractivity contribution in [3.05, 3.63) is 108 Å². The molecule has 0 aromatic heterocycles. The Morgan fingerprint density at radius 2 is 0.839 bits per heavy atom. The molecule has 3 atom stereocenters. The lowest BCUT2D eigenvalue weighted by Crippen LogP contribution is -2.57. The Bertz CT molecular complexity index is 1650. The van der Waals surface area contributed by atoms with Crippen LogP contribution >= 0.6 is 0 Å². The monoisotopic (exact) mass is 854 g/mol. The number of rotatable bonds is 34. The minimum atomic E-state index is -1.01. The number of hydrogen-bond acceptors (Lipinski definition) is 5. The molecule has 0 fully saturated rings. The van der Waals surface area contributed by atoms with Gasteiger partial charge in [0.1, 0.15) is 18.1 Å². The quantitative estimate of drug-likeness (QED) is 0.0315. The van der Waals surface area contributed by atoms with Gasteiger partial charge in [0.2, 0.25) is 17.7 Å². The van der Waals surface area contributed by atoms with Crippen molar-refractivity contribution in [2.75, 3.05) is 34.3 Å². The zero-order valence-electron chi connectivity index (χ0n) is 38.9. The fraction of sp³-hybridized carbons (Fsp3) is 0.585. The lowest BCUT2D eigenvalue weighted by atomic mass is 10.0. The minimum absolute atomic E-state index is 0.179. The molecule has 0 radical (unpaired) electrons. The van der Waals surface area contributed by atoms with E-state index in [0.29, 0.717) is 6.42 Å². The maximum absolute atomic E-state index is 14.3. The van der Waals surface area contributed by atoms with Crippen LogP contribution in [0.1, 0.15) is 146 Å². The van der Waals surface area contributed by atoms with Gasteiger partial charge in [-0.1, -0.05) is 188 Å². The normalized spacial score (nSPS) is 12.8. The van der Waals surface area contributed by atoms with Crippen LogP contribution in [0.3, 0.4) is 0 Å². The third kappa shape index (κ3) is 24.2. The van der Waals surface area contributed by atoms with Gasteiger partial charge in [-0.3, -0.25) is 14.4 Å². The summed E-state index contributed by atoms with van der Waals surface area (Å²) in [5.74, 6) is -1.61. The van der Waals surface area contributed by atoms with Crippen LogP contribution in [0.15, 0.2) is 91.0 Å². The van der Waals surface area contributed by atoms with Crippen molar-refractivity contribution in [1.29, 1.82) is 0 Å². The Hall–Kier alpha value is -4.50. The van der Waals surface area contributed by atoms with E-state index in [1.165, 1.54) is 83.6 Å². The molecule has 3 amide bonds. The number of amides is 3. The molecule has 0 unspecified atom stereocenters. The summed E-state index contributed by atoms with van der Waals surface area (Å²) in [4.78, 5) is 55.4. The lowest BCUT2D eigenvalue weighted by molar-refractivity contribution is -0.870. The van der Waals surface area contributed by atoms with Gasteiger partial charge >= 0.3 is 5.97 Å². The van der Waals surface area contributed by atoms with E-state index in [1.807, 2.05) is 91.0 Å². The second kappa shape index (κ2) is 31.4. The Morgan fingerprint density at radius 1 is 0.468 bits per heavy atom. The maximum Gasteiger partial charge on any atom is 0.328 e. The third-order valence-electron chi connectivity index (χ3n) is 11.5. The van der Waals surface area contributed by atoms with Crippen molar-refractivity contribution in [2.45, 2.75) is 166 Å².